The number of nitrogens with one attached hydrogen (secondary N) is 1. The van der Waals surface area contributed by atoms with Crippen molar-refractivity contribution >= 4 is 0 Å². The van der Waals surface area contributed by atoms with Gasteiger partial charge in [0, 0.05) is 31.2 Å². The summed E-state index contributed by atoms with van der Waals surface area (Å²) in [6.45, 7) is 7.21. The molecule has 1 saturated heterocycles. The predicted molar refractivity (Wildman–Crippen MR) is 89.5 cm³/mol. The largest absolute Gasteiger partial charge is 0.506 e. The Morgan fingerprint density at radius 1 is 1.38 bits per heavy atom. The van der Waals surface area contributed by atoms with Crippen LogP contribution in [0.2, 0.25) is 0 Å². The maximum atomic E-state index is 9.90. The van der Waals surface area contributed by atoms with Gasteiger partial charge in [0.2, 0.25) is 5.89 Å². The molecule has 0 spiro atoms. The number of likely N-dealkylation sites (tertiary alicyclic amines) is 1. The van der Waals surface area contributed by atoms with Gasteiger partial charge < -0.3 is 14.9 Å². The SMILES string of the molecule is CCc1nc(CN2CCC[C@@H](NCc3nc(C)ccc3O)C2)no1. The van der Waals surface area contributed by atoms with Crippen LogP contribution < -0.4 is 5.32 Å². The fourth-order valence-electron chi connectivity index (χ4n) is 3.04. The van der Waals surface area contributed by atoms with Gasteiger partial charge in [0.05, 0.1) is 12.2 Å². The minimum Gasteiger partial charge on any atom is -0.506 e. The van der Waals surface area contributed by atoms with E-state index < -0.39 is 0 Å². The van der Waals surface area contributed by atoms with Gasteiger partial charge in [-0.1, -0.05) is 12.1 Å². The van der Waals surface area contributed by atoms with Crippen molar-refractivity contribution in [3.63, 3.8) is 0 Å². The molecular weight excluding hydrogens is 306 g/mol. The zero-order chi connectivity index (χ0) is 16.9. The Hall–Kier alpha value is -1.99. The Bertz CT molecular complexity index is 673. The maximum absolute atomic E-state index is 9.90. The molecule has 3 rings (SSSR count). The van der Waals surface area contributed by atoms with Gasteiger partial charge in [0.1, 0.15) is 5.75 Å². The van der Waals surface area contributed by atoms with E-state index in [-0.39, 0.29) is 5.75 Å². The van der Waals surface area contributed by atoms with Gasteiger partial charge in [-0.15, -0.1) is 0 Å². The molecule has 0 unspecified atom stereocenters. The van der Waals surface area contributed by atoms with E-state index in [9.17, 15) is 5.11 Å². The molecule has 7 nitrogen and oxygen atoms in total. The number of nitrogens with zero attached hydrogens (tertiary/aromatic N) is 4. The normalized spacial score (nSPS) is 18.8. The van der Waals surface area contributed by atoms with Crippen LogP contribution >= 0.6 is 0 Å². The smallest absolute Gasteiger partial charge is 0.226 e. The molecule has 130 valence electrons. The number of aromatic hydroxyl groups is 1. The molecular formula is C17H25N5O2. The summed E-state index contributed by atoms with van der Waals surface area (Å²) in [5.74, 6) is 1.70. The maximum Gasteiger partial charge on any atom is 0.226 e. The lowest BCUT2D eigenvalue weighted by atomic mass is 10.1. The number of aryl methyl sites for hydroxylation is 2. The van der Waals surface area contributed by atoms with E-state index in [0.717, 1.165) is 50.4 Å². The molecule has 0 aromatic carbocycles. The van der Waals surface area contributed by atoms with E-state index >= 15 is 0 Å². The number of aromatic nitrogens is 3. The van der Waals surface area contributed by atoms with E-state index in [2.05, 4.69) is 25.3 Å². The fraction of sp³-hybridized carbons (Fsp3) is 0.588. The number of rotatable bonds is 6. The standard InChI is InChI=1S/C17H25N5O2/c1-3-17-20-16(21-24-17)11-22-8-4-5-13(10-22)18-9-14-15(23)7-6-12(2)19-14/h6-7,13,18,23H,3-5,8-11H2,1-2H3/t13-/m1/s1. The molecule has 0 saturated carbocycles. The van der Waals surface area contributed by atoms with Gasteiger partial charge >= 0.3 is 0 Å². The van der Waals surface area contributed by atoms with Gasteiger partial charge in [-0.05, 0) is 38.4 Å². The van der Waals surface area contributed by atoms with Crippen LogP contribution in [0.25, 0.3) is 0 Å². The number of hydrogen-bond donors (Lipinski definition) is 2. The molecule has 1 atom stereocenters. The highest BCUT2D eigenvalue weighted by Crippen LogP contribution is 2.17. The molecule has 1 fully saturated rings. The third-order valence-corrected chi connectivity index (χ3v) is 4.33. The van der Waals surface area contributed by atoms with E-state index in [0.29, 0.717) is 24.2 Å². The van der Waals surface area contributed by atoms with E-state index in [1.807, 2.05) is 19.9 Å². The van der Waals surface area contributed by atoms with Crippen molar-refractivity contribution in [3.8, 4) is 5.75 Å². The third kappa shape index (κ3) is 4.30. The van der Waals surface area contributed by atoms with Crippen LogP contribution in [0, 0.1) is 6.92 Å². The number of hydrogen-bond acceptors (Lipinski definition) is 7. The molecule has 2 N–H and O–H groups in total. The molecule has 24 heavy (non-hydrogen) atoms. The molecule has 3 heterocycles. The minimum atomic E-state index is 0.250. The quantitative estimate of drug-likeness (QED) is 0.834. The Morgan fingerprint density at radius 3 is 3.04 bits per heavy atom. The van der Waals surface area contributed by atoms with Crippen LogP contribution in [0.1, 0.15) is 42.9 Å². The van der Waals surface area contributed by atoms with Crippen LogP contribution in [0.15, 0.2) is 16.7 Å². The Labute approximate surface area is 142 Å². The summed E-state index contributed by atoms with van der Waals surface area (Å²) in [6.07, 6.45) is 3.02. The van der Waals surface area contributed by atoms with Gasteiger partial charge in [-0.25, -0.2) is 0 Å². The van der Waals surface area contributed by atoms with Crippen molar-refractivity contribution in [2.45, 2.75) is 52.2 Å². The first-order valence-corrected chi connectivity index (χ1v) is 8.56. The van der Waals surface area contributed by atoms with Crippen molar-refractivity contribution in [2.24, 2.45) is 0 Å². The highest BCUT2D eigenvalue weighted by Gasteiger charge is 2.21. The molecule has 0 aliphatic carbocycles. The predicted octanol–water partition coefficient (Wildman–Crippen LogP) is 1.80. The summed E-state index contributed by atoms with van der Waals surface area (Å²) in [7, 11) is 0. The topological polar surface area (TPSA) is 87.3 Å². The summed E-state index contributed by atoms with van der Waals surface area (Å²) in [5.41, 5.74) is 1.62. The zero-order valence-electron chi connectivity index (χ0n) is 14.3. The first kappa shape index (κ1) is 16.9. The monoisotopic (exact) mass is 331 g/mol. The summed E-state index contributed by atoms with van der Waals surface area (Å²) in [4.78, 5) is 11.1. The average molecular weight is 331 g/mol. The van der Waals surface area contributed by atoms with Crippen molar-refractivity contribution in [1.82, 2.24) is 25.3 Å². The second kappa shape index (κ2) is 7.72. The van der Waals surface area contributed by atoms with Crippen LogP contribution in [-0.4, -0.2) is 44.3 Å². The van der Waals surface area contributed by atoms with Crippen LogP contribution in [0.5, 0.6) is 5.75 Å². The molecule has 2 aromatic rings. The van der Waals surface area contributed by atoms with Crippen molar-refractivity contribution < 1.29 is 9.63 Å². The average Bonchev–Trinajstić information content (AvgIpc) is 3.03. The van der Waals surface area contributed by atoms with Crippen LogP contribution in [0.4, 0.5) is 0 Å². The molecule has 0 bridgehead atoms. The Morgan fingerprint density at radius 2 is 2.25 bits per heavy atom. The van der Waals surface area contributed by atoms with Gasteiger partial charge in [0.25, 0.3) is 0 Å². The summed E-state index contributed by atoms with van der Waals surface area (Å²) in [5, 5.41) is 17.4. The first-order chi connectivity index (χ1) is 11.6. The summed E-state index contributed by atoms with van der Waals surface area (Å²) in [6, 6.07) is 3.89. The third-order valence-electron chi connectivity index (χ3n) is 4.33. The molecule has 1 aliphatic heterocycles. The first-order valence-electron chi connectivity index (χ1n) is 8.56. The Balaban J connectivity index is 1.52. The second-order valence-electron chi connectivity index (χ2n) is 6.33. The van der Waals surface area contributed by atoms with E-state index in [4.69, 9.17) is 4.52 Å². The molecule has 7 heteroatoms. The highest BCUT2D eigenvalue weighted by atomic mass is 16.5. The Kier molecular flexibility index (Phi) is 5.42. The fourth-order valence-corrected chi connectivity index (χ4v) is 3.04. The lowest BCUT2D eigenvalue weighted by molar-refractivity contribution is 0.176. The molecule has 1 aliphatic rings. The van der Waals surface area contributed by atoms with Crippen LogP contribution in [-0.2, 0) is 19.5 Å². The van der Waals surface area contributed by atoms with E-state index in [1.165, 1.54) is 0 Å². The molecule has 0 amide bonds. The summed E-state index contributed by atoms with van der Waals surface area (Å²) < 4.78 is 5.17. The summed E-state index contributed by atoms with van der Waals surface area (Å²) >= 11 is 0. The van der Waals surface area contributed by atoms with Crippen LogP contribution in [0.3, 0.4) is 0 Å². The number of piperidine rings is 1. The minimum absolute atomic E-state index is 0.250. The van der Waals surface area contributed by atoms with Gasteiger partial charge in [-0.2, -0.15) is 4.98 Å². The van der Waals surface area contributed by atoms with E-state index in [1.54, 1.807) is 6.07 Å². The lowest BCUT2D eigenvalue weighted by Crippen LogP contribution is -2.45. The molecule has 0 radical (unpaired) electrons. The zero-order valence-corrected chi connectivity index (χ0v) is 14.3. The van der Waals surface area contributed by atoms with Crippen molar-refractivity contribution in [2.75, 3.05) is 13.1 Å². The highest BCUT2D eigenvalue weighted by molar-refractivity contribution is 5.27. The van der Waals surface area contributed by atoms with Crippen molar-refractivity contribution in [1.29, 1.82) is 0 Å². The van der Waals surface area contributed by atoms with Gasteiger partial charge in [0.15, 0.2) is 5.82 Å². The second-order valence-corrected chi connectivity index (χ2v) is 6.33. The number of pyridine rings is 1. The van der Waals surface area contributed by atoms with Crippen molar-refractivity contribution in [3.05, 3.63) is 35.2 Å². The lowest BCUT2D eigenvalue weighted by Gasteiger charge is -2.32. The molecule has 2 aromatic heterocycles. The van der Waals surface area contributed by atoms with Gasteiger partial charge in [-0.3, -0.25) is 9.88 Å².